The fourth-order valence-corrected chi connectivity index (χ4v) is 2.28. The minimum atomic E-state index is 0.0113. The number of esters is 1. The lowest BCUT2D eigenvalue weighted by Gasteiger charge is -2.09. The van der Waals surface area contributed by atoms with Crippen molar-refractivity contribution < 1.29 is 9.53 Å². The van der Waals surface area contributed by atoms with E-state index >= 15 is 0 Å². The van der Waals surface area contributed by atoms with Crippen LogP contribution in [-0.4, -0.2) is 17.6 Å². The van der Waals surface area contributed by atoms with Crippen molar-refractivity contribution in [1.82, 2.24) is 4.98 Å². The van der Waals surface area contributed by atoms with E-state index in [0.29, 0.717) is 6.61 Å². The zero-order chi connectivity index (χ0) is 11.9. The normalized spacial score (nSPS) is 16.0. The summed E-state index contributed by atoms with van der Waals surface area (Å²) in [6, 6.07) is 4.00. The fourth-order valence-electron chi connectivity index (χ4n) is 2.28. The Bertz CT molecular complexity index is 344. The molecule has 0 bridgehead atoms. The van der Waals surface area contributed by atoms with Gasteiger partial charge in [-0.1, -0.05) is 12.8 Å². The summed E-state index contributed by atoms with van der Waals surface area (Å²) in [4.78, 5) is 15.6. The average Bonchev–Trinajstić information content (AvgIpc) is 2.89. The number of pyridine rings is 1. The van der Waals surface area contributed by atoms with Crippen molar-refractivity contribution in [2.75, 3.05) is 6.61 Å². The van der Waals surface area contributed by atoms with Crippen LogP contribution in [0.4, 0.5) is 0 Å². The van der Waals surface area contributed by atoms with E-state index in [1.54, 1.807) is 12.4 Å². The number of aryl methyl sites for hydroxylation is 1. The van der Waals surface area contributed by atoms with Gasteiger partial charge >= 0.3 is 5.97 Å². The molecule has 1 aromatic rings. The van der Waals surface area contributed by atoms with Crippen LogP contribution in [0.3, 0.4) is 0 Å². The van der Waals surface area contributed by atoms with E-state index in [0.717, 1.165) is 25.7 Å². The van der Waals surface area contributed by atoms with E-state index in [1.165, 1.54) is 18.4 Å². The van der Waals surface area contributed by atoms with Gasteiger partial charge in [0.1, 0.15) is 0 Å². The number of ether oxygens (including phenoxy) is 1. The fraction of sp³-hybridized carbons (Fsp3) is 0.571. The van der Waals surface area contributed by atoms with Gasteiger partial charge in [-0.15, -0.1) is 0 Å². The Morgan fingerprint density at radius 1 is 1.29 bits per heavy atom. The molecule has 3 heteroatoms. The molecule has 0 saturated heterocycles. The standard InChI is InChI=1S/C14H19NO2/c16-14(13-5-1-2-6-13)17-11-3-4-12-7-9-15-10-8-12/h7-10,13H,1-6,11H2. The Balaban J connectivity index is 1.61. The average molecular weight is 233 g/mol. The van der Waals surface area contributed by atoms with E-state index < -0.39 is 0 Å². The lowest BCUT2D eigenvalue weighted by atomic mass is 10.1. The van der Waals surface area contributed by atoms with Crippen LogP contribution in [0.1, 0.15) is 37.7 Å². The minimum Gasteiger partial charge on any atom is -0.465 e. The number of carbonyl (C=O) groups is 1. The van der Waals surface area contributed by atoms with Gasteiger partial charge in [-0.3, -0.25) is 9.78 Å². The topological polar surface area (TPSA) is 39.2 Å². The van der Waals surface area contributed by atoms with E-state index in [1.807, 2.05) is 12.1 Å². The summed E-state index contributed by atoms with van der Waals surface area (Å²) < 4.78 is 5.29. The highest BCUT2D eigenvalue weighted by atomic mass is 16.5. The van der Waals surface area contributed by atoms with Crippen molar-refractivity contribution >= 4 is 5.97 Å². The van der Waals surface area contributed by atoms with Gasteiger partial charge in [0, 0.05) is 12.4 Å². The summed E-state index contributed by atoms with van der Waals surface area (Å²) in [5.74, 6) is 0.188. The Kier molecular flexibility index (Phi) is 4.54. The third kappa shape index (κ3) is 3.84. The van der Waals surface area contributed by atoms with Gasteiger partial charge in [0.2, 0.25) is 0 Å². The maximum atomic E-state index is 11.6. The summed E-state index contributed by atoms with van der Waals surface area (Å²) in [5, 5.41) is 0. The predicted molar refractivity (Wildman–Crippen MR) is 65.5 cm³/mol. The van der Waals surface area contributed by atoms with Gasteiger partial charge in [0.15, 0.2) is 0 Å². The minimum absolute atomic E-state index is 0.0113. The van der Waals surface area contributed by atoms with Crippen molar-refractivity contribution in [3.05, 3.63) is 30.1 Å². The molecule has 3 nitrogen and oxygen atoms in total. The summed E-state index contributed by atoms with van der Waals surface area (Å²) in [6.45, 7) is 0.539. The second-order valence-electron chi connectivity index (χ2n) is 4.61. The van der Waals surface area contributed by atoms with Crippen LogP contribution in [0, 0.1) is 5.92 Å². The smallest absolute Gasteiger partial charge is 0.308 e. The molecule has 0 unspecified atom stereocenters. The van der Waals surface area contributed by atoms with Crippen LogP contribution < -0.4 is 0 Å². The highest BCUT2D eigenvalue weighted by Gasteiger charge is 2.23. The molecule has 1 aromatic heterocycles. The van der Waals surface area contributed by atoms with Crippen molar-refractivity contribution in [3.63, 3.8) is 0 Å². The number of hydrogen-bond acceptors (Lipinski definition) is 3. The molecule has 1 fully saturated rings. The van der Waals surface area contributed by atoms with Gasteiger partial charge in [0.05, 0.1) is 12.5 Å². The summed E-state index contributed by atoms with van der Waals surface area (Å²) in [7, 11) is 0. The molecule has 17 heavy (non-hydrogen) atoms. The molecule has 0 aliphatic heterocycles. The van der Waals surface area contributed by atoms with Gasteiger partial charge in [-0.25, -0.2) is 0 Å². The summed E-state index contributed by atoms with van der Waals surface area (Å²) >= 11 is 0. The maximum Gasteiger partial charge on any atom is 0.308 e. The largest absolute Gasteiger partial charge is 0.465 e. The zero-order valence-electron chi connectivity index (χ0n) is 10.1. The third-order valence-corrected chi connectivity index (χ3v) is 3.29. The number of rotatable bonds is 5. The molecule has 1 saturated carbocycles. The van der Waals surface area contributed by atoms with Gasteiger partial charge in [-0.05, 0) is 43.4 Å². The highest BCUT2D eigenvalue weighted by molar-refractivity contribution is 5.72. The summed E-state index contributed by atoms with van der Waals surface area (Å²) in [6.07, 6.45) is 9.81. The Labute approximate surface area is 102 Å². The number of carbonyl (C=O) groups excluding carboxylic acids is 1. The van der Waals surface area contributed by atoms with E-state index in [4.69, 9.17) is 4.74 Å². The Morgan fingerprint density at radius 2 is 2.00 bits per heavy atom. The highest BCUT2D eigenvalue weighted by Crippen LogP contribution is 2.25. The number of aromatic nitrogens is 1. The molecule has 2 rings (SSSR count). The first kappa shape index (κ1) is 12.1. The van der Waals surface area contributed by atoms with Gasteiger partial charge in [0.25, 0.3) is 0 Å². The van der Waals surface area contributed by atoms with Crippen LogP contribution >= 0.6 is 0 Å². The molecular weight excluding hydrogens is 214 g/mol. The predicted octanol–water partition coefficient (Wildman–Crippen LogP) is 2.75. The first-order valence-corrected chi connectivity index (χ1v) is 6.42. The molecule has 1 aliphatic rings. The van der Waals surface area contributed by atoms with Crippen LogP contribution in [0.5, 0.6) is 0 Å². The van der Waals surface area contributed by atoms with Crippen LogP contribution in [0.2, 0.25) is 0 Å². The van der Waals surface area contributed by atoms with Crippen LogP contribution in [-0.2, 0) is 16.0 Å². The molecule has 0 aromatic carbocycles. The third-order valence-electron chi connectivity index (χ3n) is 3.29. The molecule has 1 aliphatic carbocycles. The second-order valence-corrected chi connectivity index (χ2v) is 4.61. The monoisotopic (exact) mass is 233 g/mol. The summed E-state index contributed by atoms with van der Waals surface area (Å²) in [5.41, 5.74) is 1.25. The number of nitrogens with zero attached hydrogens (tertiary/aromatic N) is 1. The van der Waals surface area contributed by atoms with E-state index in [2.05, 4.69) is 4.98 Å². The van der Waals surface area contributed by atoms with E-state index in [9.17, 15) is 4.79 Å². The van der Waals surface area contributed by atoms with Crippen molar-refractivity contribution in [1.29, 1.82) is 0 Å². The zero-order valence-corrected chi connectivity index (χ0v) is 10.1. The number of hydrogen-bond donors (Lipinski definition) is 0. The Hall–Kier alpha value is -1.38. The van der Waals surface area contributed by atoms with Crippen LogP contribution in [0.15, 0.2) is 24.5 Å². The lowest BCUT2D eigenvalue weighted by Crippen LogP contribution is -2.15. The van der Waals surface area contributed by atoms with E-state index in [-0.39, 0.29) is 11.9 Å². The van der Waals surface area contributed by atoms with Crippen molar-refractivity contribution in [2.24, 2.45) is 5.92 Å². The molecule has 0 amide bonds. The van der Waals surface area contributed by atoms with Crippen molar-refractivity contribution in [3.8, 4) is 0 Å². The molecule has 0 atom stereocenters. The van der Waals surface area contributed by atoms with Gasteiger partial charge in [-0.2, -0.15) is 0 Å². The maximum absolute atomic E-state index is 11.6. The van der Waals surface area contributed by atoms with Crippen molar-refractivity contribution in [2.45, 2.75) is 38.5 Å². The van der Waals surface area contributed by atoms with Crippen LogP contribution in [0.25, 0.3) is 0 Å². The first-order chi connectivity index (χ1) is 8.36. The second kappa shape index (κ2) is 6.38. The molecule has 1 heterocycles. The van der Waals surface area contributed by atoms with Gasteiger partial charge < -0.3 is 4.74 Å². The molecule has 0 N–H and O–H groups in total. The SMILES string of the molecule is O=C(OCCCc1ccncc1)C1CCCC1. The quantitative estimate of drug-likeness (QED) is 0.580. The first-order valence-electron chi connectivity index (χ1n) is 6.42. The Morgan fingerprint density at radius 3 is 2.71 bits per heavy atom. The molecular formula is C14H19NO2. The molecule has 0 radical (unpaired) electrons. The molecule has 0 spiro atoms. The molecule has 92 valence electrons. The lowest BCUT2D eigenvalue weighted by molar-refractivity contribution is -0.148.